The number of hydrogen-bond acceptors (Lipinski definition) is 3. The summed E-state index contributed by atoms with van der Waals surface area (Å²) in [5, 5.41) is 17.0. The summed E-state index contributed by atoms with van der Waals surface area (Å²) >= 11 is 0. The lowest BCUT2D eigenvalue weighted by Gasteiger charge is -1.97. The monoisotopic (exact) mass is 184 g/mol. The van der Waals surface area contributed by atoms with Crippen molar-refractivity contribution in [2.45, 2.75) is 0 Å². The van der Waals surface area contributed by atoms with Gasteiger partial charge in [-0.15, -0.1) is 0 Å². The van der Waals surface area contributed by atoms with Crippen LogP contribution in [0.4, 0.5) is 4.39 Å². The number of aromatic hydroxyl groups is 1. The average Bonchev–Trinajstić information content (AvgIpc) is 2.08. The summed E-state index contributed by atoms with van der Waals surface area (Å²) in [5.74, 6) is -4.52. The molecule has 1 aromatic rings. The molecule has 13 heavy (non-hydrogen) atoms. The van der Waals surface area contributed by atoms with E-state index in [0.29, 0.717) is 6.07 Å². The summed E-state index contributed by atoms with van der Waals surface area (Å²) in [7, 11) is 0. The topological polar surface area (TPSA) is 74.6 Å². The molecule has 0 aliphatic carbocycles. The zero-order valence-corrected chi connectivity index (χ0v) is 6.32. The van der Waals surface area contributed by atoms with E-state index in [2.05, 4.69) is 0 Å². The van der Waals surface area contributed by atoms with E-state index in [1.165, 1.54) is 0 Å². The molecule has 0 spiro atoms. The Kier molecular flexibility index (Phi) is 2.27. The first kappa shape index (κ1) is 9.18. The van der Waals surface area contributed by atoms with E-state index < -0.39 is 23.3 Å². The van der Waals surface area contributed by atoms with Crippen molar-refractivity contribution in [3.63, 3.8) is 0 Å². The van der Waals surface area contributed by atoms with Gasteiger partial charge in [-0.2, -0.15) is 0 Å². The van der Waals surface area contributed by atoms with Crippen molar-refractivity contribution in [1.29, 1.82) is 0 Å². The summed E-state index contributed by atoms with van der Waals surface area (Å²) in [4.78, 5) is 20.9. The molecule has 0 heterocycles. The predicted octanol–water partition coefficient (Wildman–Crippen LogP) is 0.799. The third kappa shape index (κ3) is 1.81. The van der Waals surface area contributed by atoms with Crippen LogP contribution in [0, 0.1) is 5.82 Å². The van der Waals surface area contributed by atoms with Gasteiger partial charge in [0, 0.05) is 5.56 Å². The molecule has 0 unspecified atom stereocenters. The molecule has 0 aromatic heterocycles. The number of ketones is 1. The van der Waals surface area contributed by atoms with Gasteiger partial charge in [0.05, 0.1) is 0 Å². The zero-order chi connectivity index (χ0) is 10.0. The first-order valence-corrected chi connectivity index (χ1v) is 3.28. The van der Waals surface area contributed by atoms with Gasteiger partial charge in [-0.3, -0.25) is 4.79 Å². The Morgan fingerprint density at radius 1 is 1.31 bits per heavy atom. The van der Waals surface area contributed by atoms with E-state index in [-0.39, 0.29) is 5.56 Å². The second-order valence-corrected chi connectivity index (χ2v) is 2.30. The minimum absolute atomic E-state index is 0.303. The SMILES string of the molecule is O=C(O)C(=O)c1ccc(O)c(F)c1. The largest absolute Gasteiger partial charge is 0.505 e. The Hall–Kier alpha value is -1.91. The number of phenolic OH excluding ortho intramolecular Hbond substituents is 1. The summed E-state index contributed by atoms with van der Waals surface area (Å²) in [6.07, 6.45) is 0. The summed E-state index contributed by atoms with van der Waals surface area (Å²) < 4.78 is 12.6. The van der Waals surface area contributed by atoms with Crippen LogP contribution in [-0.2, 0) is 4.79 Å². The summed E-state index contributed by atoms with van der Waals surface area (Å²) in [6.45, 7) is 0. The average molecular weight is 184 g/mol. The molecule has 2 N–H and O–H groups in total. The Morgan fingerprint density at radius 2 is 1.92 bits per heavy atom. The number of Topliss-reactive ketones (excluding diaryl/α,β-unsaturated/α-hetero) is 1. The Morgan fingerprint density at radius 3 is 2.38 bits per heavy atom. The fourth-order valence-electron chi connectivity index (χ4n) is 0.772. The van der Waals surface area contributed by atoms with Gasteiger partial charge in [0.15, 0.2) is 11.6 Å². The van der Waals surface area contributed by atoms with Gasteiger partial charge in [0.2, 0.25) is 0 Å². The third-order valence-electron chi connectivity index (χ3n) is 1.40. The third-order valence-corrected chi connectivity index (χ3v) is 1.40. The maximum Gasteiger partial charge on any atom is 0.377 e. The number of hydrogen-bond donors (Lipinski definition) is 2. The lowest BCUT2D eigenvalue weighted by molar-refractivity contribution is -0.131. The van der Waals surface area contributed by atoms with Crippen LogP contribution in [0.25, 0.3) is 0 Å². The second kappa shape index (κ2) is 3.22. The molecule has 0 aliphatic heterocycles. The quantitative estimate of drug-likeness (QED) is 0.526. The smallest absolute Gasteiger partial charge is 0.377 e. The number of phenols is 1. The standard InChI is InChI=1S/C8H5FO4/c9-5-3-4(1-2-6(5)10)7(11)8(12)13/h1-3,10H,(H,12,13). The number of carbonyl (C=O) groups is 2. The van der Waals surface area contributed by atoms with Crippen molar-refractivity contribution in [2.24, 2.45) is 0 Å². The Labute approximate surface area is 72.2 Å². The number of carbonyl (C=O) groups excluding carboxylic acids is 1. The van der Waals surface area contributed by atoms with Crippen LogP contribution in [0.5, 0.6) is 5.75 Å². The maximum atomic E-state index is 12.6. The van der Waals surface area contributed by atoms with Gasteiger partial charge >= 0.3 is 5.97 Å². The molecule has 0 amide bonds. The molecule has 0 saturated heterocycles. The van der Waals surface area contributed by atoms with E-state index in [4.69, 9.17) is 10.2 Å². The molecule has 68 valence electrons. The second-order valence-electron chi connectivity index (χ2n) is 2.30. The molecular weight excluding hydrogens is 179 g/mol. The van der Waals surface area contributed by atoms with E-state index in [1.54, 1.807) is 0 Å². The highest BCUT2D eigenvalue weighted by atomic mass is 19.1. The summed E-state index contributed by atoms with van der Waals surface area (Å²) in [6, 6.07) is 2.63. The maximum absolute atomic E-state index is 12.6. The van der Waals surface area contributed by atoms with E-state index in [9.17, 15) is 14.0 Å². The molecule has 0 bridgehead atoms. The van der Waals surface area contributed by atoms with Gasteiger partial charge in [-0.25, -0.2) is 9.18 Å². The molecule has 0 radical (unpaired) electrons. The van der Waals surface area contributed by atoms with Crippen LogP contribution in [0.3, 0.4) is 0 Å². The van der Waals surface area contributed by atoms with Crippen molar-refractivity contribution in [3.05, 3.63) is 29.6 Å². The highest BCUT2D eigenvalue weighted by Crippen LogP contribution is 2.16. The first-order chi connectivity index (χ1) is 6.02. The van der Waals surface area contributed by atoms with Crippen LogP contribution in [-0.4, -0.2) is 22.0 Å². The van der Waals surface area contributed by atoms with Gasteiger partial charge in [-0.05, 0) is 18.2 Å². The van der Waals surface area contributed by atoms with Crippen LogP contribution in [0.15, 0.2) is 18.2 Å². The molecule has 4 nitrogen and oxygen atoms in total. The lowest BCUT2D eigenvalue weighted by Crippen LogP contribution is -2.12. The molecule has 1 aromatic carbocycles. The number of aliphatic carboxylic acids is 1. The van der Waals surface area contributed by atoms with Gasteiger partial charge in [-0.1, -0.05) is 0 Å². The highest BCUT2D eigenvalue weighted by molar-refractivity contribution is 6.39. The molecule has 0 fully saturated rings. The molecule has 5 heteroatoms. The molecule has 0 saturated carbocycles. The first-order valence-electron chi connectivity index (χ1n) is 3.28. The van der Waals surface area contributed by atoms with Crippen LogP contribution < -0.4 is 0 Å². The van der Waals surface area contributed by atoms with Gasteiger partial charge < -0.3 is 10.2 Å². The molecular formula is C8H5FO4. The molecule has 0 aliphatic rings. The van der Waals surface area contributed by atoms with E-state index in [0.717, 1.165) is 12.1 Å². The normalized spacial score (nSPS) is 9.62. The van der Waals surface area contributed by atoms with Crippen molar-refractivity contribution in [1.82, 2.24) is 0 Å². The van der Waals surface area contributed by atoms with E-state index >= 15 is 0 Å². The summed E-state index contributed by atoms with van der Waals surface area (Å²) in [5.41, 5.74) is -0.303. The number of carboxylic acid groups (broad SMARTS) is 1. The Balaban J connectivity index is 3.11. The number of rotatable bonds is 2. The lowest BCUT2D eigenvalue weighted by atomic mass is 10.1. The van der Waals surface area contributed by atoms with Crippen molar-refractivity contribution in [2.75, 3.05) is 0 Å². The number of carboxylic acids is 1. The fourth-order valence-corrected chi connectivity index (χ4v) is 0.772. The molecule has 0 atom stereocenters. The predicted molar refractivity (Wildman–Crippen MR) is 40.0 cm³/mol. The number of benzene rings is 1. The van der Waals surface area contributed by atoms with Crippen molar-refractivity contribution < 1.29 is 24.2 Å². The van der Waals surface area contributed by atoms with Gasteiger partial charge in [0.1, 0.15) is 0 Å². The minimum atomic E-state index is -1.66. The Bertz CT molecular complexity index is 372. The van der Waals surface area contributed by atoms with Crippen LogP contribution >= 0.6 is 0 Å². The van der Waals surface area contributed by atoms with Gasteiger partial charge in [0.25, 0.3) is 5.78 Å². The van der Waals surface area contributed by atoms with Crippen molar-refractivity contribution in [3.8, 4) is 5.75 Å². The highest BCUT2D eigenvalue weighted by Gasteiger charge is 2.15. The van der Waals surface area contributed by atoms with Crippen LogP contribution in [0.1, 0.15) is 10.4 Å². The minimum Gasteiger partial charge on any atom is -0.505 e. The van der Waals surface area contributed by atoms with Crippen molar-refractivity contribution >= 4 is 11.8 Å². The zero-order valence-electron chi connectivity index (χ0n) is 6.32. The molecule has 1 rings (SSSR count). The number of halogens is 1. The van der Waals surface area contributed by atoms with Crippen LogP contribution in [0.2, 0.25) is 0 Å². The van der Waals surface area contributed by atoms with E-state index in [1.807, 2.05) is 0 Å². The fraction of sp³-hybridized carbons (Fsp3) is 0.